The van der Waals surface area contributed by atoms with Crippen molar-refractivity contribution >= 4 is 17.8 Å². The van der Waals surface area contributed by atoms with Crippen molar-refractivity contribution in [2.45, 2.75) is 159 Å². The molecule has 5 fully saturated rings. The molecule has 0 aromatic heterocycles. The van der Waals surface area contributed by atoms with E-state index in [1.54, 1.807) is 13.8 Å². The van der Waals surface area contributed by atoms with Gasteiger partial charge in [0.1, 0.15) is 6.10 Å². The van der Waals surface area contributed by atoms with Crippen LogP contribution in [0.15, 0.2) is 12.2 Å². The molecule has 5 aliphatic carbocycles. The highest BCUT2D eigenvalue weighted by molar-refractivity contribution is 5.84. The van der Waals surface area contributed by atoms with Crippen molar-refractivity contribution in [1.82, 2.24) is 5.32 Å². The van der Waals surface area contributed by atoms with Crippen molar-refractivity contribution in [3.8, 4) is 0 Å². The zero-order valence-electron chi connectivity index (χ0n) is 32.4. The second-order valence-electron chi connectivity index (χ2n) is 20.6. The number of hydrogen-bond donors (Lipinski definition) is 2. The lowest BCUT2D eigenvalue weighted by Crippen LogP contribution is -2.67. The van der Waals surface area contributed by atoms with E-state index < -0.39 is 17.4 Å². The Balaban J connectivity index is 1.40. The van der Waals surface area contributed by atoms with Gasteiger partial charge in [0, 0.05) is 12.0 Å². The minimum absolute atomic E-state index is 0.111. The minimum Gasteiger partial charge on any atom is -0.481 e. The summed E-state index contributed by atoms with van der Waals surface area (Å²) in [5.41, 5.74) is 0.293. The fraction of sp³-hybridized carbons (Fsp3) is 0.881. The summed E-state index contributed by atoms with van der Waals surface area (Å²) in [5.74, 6) is 1.21. The number of carbonyl (C=O) groups is 3. The Kier molecular flexibility index (Phi) is 9.46. The van der Waals surface area contributed by atoms with E-state index in [0.717, 1.165) is 64.3 Å². The molecule has 0 unspecified atom stereocenters. The van der Waals surface area contributed by atoms with Gasteiger partial charge in [0.15, 0.2) is 0 Å². The first-order valence-corrected chi connectivity index (χ1v) is 19.3. The van der Waals surface area contributed by atoms with Gasteiger partial charge in [-0.1, -0.05) is 67.5 Å². The Hall–Kier alpha value is -1.85. The number of esters is 1. The molecule has 272 valence electrons. The predicted octanol–water partition coefficient (Wildman–Crippen LogP) is 9.61. The summed E-state index contributed by atoms with van der Waals surface area (Å²) in [6.45, 7) is 29.8. The third kappa shape index (κ3) is 5.79. The number of allylic oxidation sites excluding steroid dienone is 1. The molecular formula is C42H69NO5. The number of carboxylic acids is 1. The second kappa shape index (κ2) is 12.1. The number of ether oxygens (including phenoxy) is 1. The molecule has 5 saturated carbocycles. The normalized spacial score (nSPS) is 42.0. The van der Waals surface area contributed by atoms with Crippen molar-refractivity contribution in [3.63, 3.8) is 0 Å². The van der Waals surface area contributed by atoms with Crippen molar-refractivity contribution in [3.05, 3.63) is 12.2 Å². The molecule has 0 spiro atoms. The van der Waals surface area contributed by atoms with Crippen LogP contribution in [0.4, 0.5) is 0 Å². The second-order valence-corrected chi connectivity index (χ2v) is 20.6. The van der Waals surface area contributed by atoms with Crippen LogP contribution in [0.25, 0.3) is 0 Å². The van der Waals surface area contributed by atoms with Crippen molar-refractivity contribution in [2.24, 2.45) is 67.5 Å². The lowest BCUT2D eigenvalue weighted by atomic mass is 9.32. The van der Waals surface area contributed by atoms with Gasteiger partial charge in [0.25, 0.3) is 0 Å². The van der Waals surface area contributed by atoms with Gasteiger partial charge >= 0.3 is 11.9 Å². The van der Waals surface area contributed by atoms with E-state index in [0.29, 0.717) is 35.5 Å². The van der Waals surface area contributed by atoms with Crippen LogP contribution in [-0.2, 0) is 19.1 Å². The highest BCUT2D eigenvalue weighted by Gasteiger charge is 2.72. The van der Waals surface area contributed by atoms with Gasteiger partial charge < -0.3 is 15.2 Å². The Morgan fingerprint density at radius 2 is 1.50 bits per heavy atom. The molecule has 0 bridgehead atoms. The maximum absolute atomic E-state index is 14.3. The smallest absolute Gasteiger partial charge is 0.309 e. The molecule has 0 heterocycles. The average molecular weight is 668 g/mol. The maximum atomic E-state index is 14.3. The third-order valence-electron chi connectivity index (χ3n) is 16.1. The Labute approximate surface area is 292 Å². The highest BCUT2D eigenvalue weighted by Crippen LogP contribution is 2.77. The Morgan fingerprint density at radius 3 is 2.10 bits per heavy atom. The summed E-state index contributed by atoms with van der Waals surface area (Å²) in [7, 11) is 0. The van der Waals surface area contributed by atoms with Gasteiger partial charge in [0.05, 0.1) is 17.3 Å². The number of carbonyl (C=O) groups excluding carboxylic acids is 2. The van der Waals surface area contributed by atoms with E-state index in [9.17, 15) is 19.5 Å². The summed E-state index contributed by atoms with van der Waals surface area (Å²) in [6, 6.07) is 0. The van der Waals surface area contributed by atoms with Crippen LogP contribution < -0.4 is 5.32 Å². The summed E-state index contributed by atoms with van der Waals surface area (Å²) in [4.78, 5) is 39.1. The van der Waals surface area contributed by atoms with E-state index in [1.165, 1.54) is 18.4 Å². The summed E-state index contributed by atoms with van der Waals surface area (Å²) in [5, 5.41) is 13.0. The number of amides is 1. The number of aliphatic carboxylic acids is 1. The van der Waals surface area contributed by atoms with Crippen LogP contribution >= 0.6 is 0 Å². The molecule has 5 aliphatic rings. The van der Waals surface area contributed by atoms with E-state index >= 15 is 0 Å². The molecule has 0 aromatic rings. The fourth-order valence-corrected chi connectivity index (χ4v) is 13.1. The Bertz CT molecular complexity index is 1310. The lowest BCUT2D eigenvalue weighted by molar-refractivity contribution is -0.249. The molecule has 10 atom stereocenters. The van der Waals surface area contributed by atoms with Crippen LogP contribution in [0.1, 0.15) is 153 Å². The standard InChI is InChI=1S/C42H69NO5/c1-26(2)27-15-20-42(34(45)43-24-23-36(3,4)5)22-21-40(11)28(33(27)42)13-14-30-39(10)18-17-31(48-32(44)25-37(6,7)35(46)47)38(8,9)29(39)16-19-41(30,40)12/h27-31,33H,1,13-25H2,2-12H3,(H,43,45)(H,46,47)/t27-,28+,29-,30+,31-,33+,39-,40+,41+,42-/m0/s1. The minimum atomic E-state index is -1.14. The summed E-state index contributed by atoms with van der Waals surface area (Å²) in [6.07, 6.45) is 11.3. The number of rotatable bonds is 8. The van der Waals surface area contributed by atoms with Gasteiger partial charge in [-0.05, 0) is 143 Å². The average Bonchev–Trinajstić information content (AvgIpc) is 3.35. The highest BCUT2D eigenvalue weighted by atomic mass is 16.5. The molecule has 6 nitrogen and oxygen atoms in total. The topological polar surface area (TPSA) is 92.7 Å². The van der Waals surface area contributed by atoms with Crippen molar-refractivity contribution < 1.29 is 24.2 Å². The van der Waals surface area contributed by atoms with Gasteiger partial charge in [-0.25, -0.2) is 0 Å². The van der Waals surface area contributed by atoms with Crippen LogP contribution in [0.3, 0.4) is 0 Å². The largest absolute Gasteiger partial charge is 0.481 e. The van der Waals surface area contributed by atoms with Gasteiger partial charge in [-0.2, -0.15) is 0 Å². The summed E-state index contributed by atoms with van der Waals surface area (Å²) >= 11 is 0. The molecule has 1 amide bonds. The van der Waals surface area contributed by atoms with E-state index in [1.807, 2.05) is 0 Å². The molecule has 0 aromatic carbocycles. The molecule has 0 radical (unpaired) electrons. The van der Waals surface area contributed by atoms with E-state index in [4.69, 9.17) is 4.74 Å². The number of carboxylic acid groups (broad SMARTS) is 1. The van der Waals surface area contributed by atoms with E-state index in [2.05, 4.69) is 74.2 Å². The molecule has 2 N–H and O–H groups in total. The Morgan fingerprint density at radius 1 is 0.833 bits per heavy atom. The van der Waals surface area contributed by atoms with Gasteiger partial charge in [-0.15, -0.1) is 0 Å². The fourth-order valence-electron chi connectivity index (χ4n) is 13.1. The number of hydrogen-bond acceptors (Lipinski definition) is 4. The van der Waals surface area contributed by atoms with Crippen LogP contribution in [-0.4, -0.2) is 35.6 Å². The third-order valence-corrected chi connectivity index (χ3v) is 16.1. The molecule has 0 aliphatic heterocycles. The van der Waals surface area contributed by atoms with Crippen molar-refractivity contribution in [1.29, 1.82) is 0 Å². The van der Waals surface area contributed by atoms with Gasteiger partial charge in [0.2, 0.25) is 5.91 Å². The molecule has 6 heteroatoms. The zero-order chi connectivity index (χ0) is 35.9. The quantitative estimate of drug-likeness (QED) is 0.199. The molecule has 5 rings (SSSR count). The van der Waals surface area contributed by atoms with Gasteiger partial charge in [-0.3, -0.25) is 14.4 Å². The maximum Gasteiger partial charge on any atom is 0.309 e. The SMILES string of the molecule is C=C(C)[C@@H]1CC[C@]2(C(=O)NCCC(C)(C)C)CC[C@]3(C)[C@H](CC[C@@H]4[C@@]5(C)CC[C@H](OC(=O)CC(C)(C)C(=O)O)C(C)(C)[C@@H]5CC[C@]43C)[C@@H]12. The lowest BCUT2D eigenvalue weighted by Gasteiger charge is -2.72. The van der Waals surface area contributed by atoms with Crippen LogP contribution in [0, 0.1) is 67.5 Å². The number of nitrogens with one attached hydrogen (secondary N) is 1. The number of fused-ring (bicyclic) bond motifs is 7. The van der Waals surface area contributed by atoms with Crippen LogP contribution in [0.5, 0.6) is 0 Å². The van der Waals surface area contributed by atoms with E-state index in [-0.39, 0.29) is 45.0 Å². The predicted molar refractivity (Wildman–Crippen MR) is 192 cm³/mol. The monoisotopic (exact) mass is 668 g/mol. The summed E-state index contributed by atoms with van der Waals surface area (Å²) < 4.78 is 6.17. The zero-order valence-corrected chi connectivity index (χ0v) is 32.4. The first-order chi connectivity index (χ1) is 22.0. The first-order valence-electron chi connectivity index (χ1n) is 19.3. The first kappa shape index (κ1) is 37.4. The molecule has 48 heavy (non-hydrogen) atoms. The molecular weight excluding hydrogens is 598 g/mol. The molecule has 0 saturated heterocycles. The van der Waals surface area contributed by atoms with Crippen molar-refractivity contribution in [2.75, 3.05) is 6.54 Å². The van der Waals surface area contributed by atoms with Crippen LogP contribution in [0.2, 0.25) is 0 Å².